The lowest BCUT2D eigenvalue weighted by Crippen LogP contribution is -1.89. The second kappa shape index (κ2) is 20.0. The summed E-state index contributed by atoms with van der Waals surface area (Å²) in [6.45, 7) is 2.17. The molecule has 6 heteroatoms. The van der Waals surface area contributed by atoms with Crippen LogP contribution in [-0.4, -0.2) is 9.97 Å². The summed E-state index contributed by atoms with van der Waals surface area (Å²) < 4.78 is 7.16. The van der Waals surface area contributed by atoms with Gasteiger partial charge in [0.25, 0.3) is 0 Å². The smallest absolute Gasteiger partial charge is 0.0559 e. The van der Waals surface area contributed by atoms with E-state index in [9.17, 15) is 0 Å². The van der Waals surface area contributed by atoms with Crippen molar-refractivity contribution >= 4 is 138 Å². The van der Waals surface area contributed by atoms with E-state index >= 15 is 0 Å². The van der Waals surface area contributed by atoms with Crippen molar-refractivity contribution in [2.75, 3.05) is 0 Å². The molecule has 4 heterocycles. The number of benzene rings is 13. The van der Waals surface area contributed by atoms with Crippen LogP contribution in [-0.2, 0) is 0 Å². The number of rotatable bonds is 8. The fourth-order valence-electron chi connectivity index (χ4n) is 13.2. The number of hydrogen-bond donors (Lipinski definition) is 2. The molecule has 2 N–H and O–H groups in total. The van der Waals surface area contributed by atoms with E-state index in [0.29, 0.717) is 0 Å². The van der Waals surface area contributed by atoms with Gasteiger partial charge in [0.2, 0.25) is 0 Å². The van der Waals surface area contributed by atoms with Crippen molar-refractivity contribution in [3.8, 4) is 89.0 Å². The van der Waals surface area contributed by atoms with Crippen LogP contribution in [0.4, 0.5) is 0 Å². The second-order valence-electron chi connectivity index (χ2n) is 22.4. The Labute approximate surface area is 515 Å². The van der Waals surface area contributed by atoms with Gasteiger partial charge >= 0.3 is 0 Å². The van der Waals surface area contributed by atoms with Crippen molar-refractivity contribution in [2.24, 2.45) is 0 Å². The fraction of sp³-hybridized carbons (Fsp3) is 0.0127. The second-order valence-corrected chi connectivity index (χ2v) is 26.3. The van der Waals surface area contributed by atoms with E-state index in [1.165, 1.54) is 134 Å². The summed E-state index contributed by atoms with van der Waals surface area (Å²) in [4.78, 5) is 8.02. The molecule has 0 saturated carbocycles. The molecule has 0 fully saturated rings. The third-order valence-electron chi connectivity index (χ3n) is 17.3. The molecular formula is C79H48Br2N2S2. The first-order chi connectivity index (χ1) is 41.8. The van der Waals surface area contributed by atoms with Crippen LogP contribution in [0.5, 0.6) is 0 Å². The van der Waals surface area contributed by atoms with Crippen LogP contribution in [0, 0.1) is 6.92 Å². The maximum absolute atomic E-state index is 4.27. The monoisotopic (exact) mass is 1250 g/mol. The third kappa shape index (κ3) is 8.45. The number of aromatic nitrogens is 2. The van der Waals surface area contributed by atoms with Crippen molar-refractivity contribution in [3.05, 3.63) is 275 Å². The van der Waals surface area contributed by atoms with Gasteiger partial charge in [0.05, 0.1) is 11.0 Å². The lowest BCUT2D eigenvalue weighted by Gasteiger charge is -2.14. The minimum absolute atomic E-state index is 1.01. The lowest BCUT2D eigenvalue weighted by atomic mass is 9.92. The summed E-state index contributed by atoms with van der Waals surface area (Å²) in [5.74, 6) is 0. The molecule has 400 valence electrons. The van der Waals surface area contributed by atoms with Gasteiger partial charge in [0.15, 0.2) is 0 Å². The standard InChI is InChI=1S/C79H48Br2N2S2/c1-45-16-15-23-49(32-45)55-34-54(48-21-9-4-10-22-48)37-57(38-55)51-29-31-71-67(40-51)75-77(83-71)63(42-65-59-25-12-14-27-73(59)85-79(65)75)61-44-68(80)60(43-69(61)81)62-41-64-58-24-11-13-26-72(58)84-78(64)74-66-39-50(28-30-70(66)82-76(62)74)56-35-52(46-17-5-2-6-18-46)33-53(36-56)47-19-7-3-8-20-47/h2-44,82-83H,1H3. The summed E-state index contributed by atoms with van der Waals surface area (Å²) >= 11 is 12.3. The first-order valence-electron chi connectivity index (χ1n) is 28.7. The Bertz CT molecular complexity index is 5520. The summed E-state index contributed by atoms with van der Waals surface area (Å²) in [7, 11) is 0. The SMILES string of the molecule is Cc1cccc(-c2cc(-c3ccccc3)cc(-c3ccc4[nH]c5c(-c6cc(Br)c(-c7cc8c9ccccc9sc8c8c7[nH]c7ccc(-c9cc(-c%10ccccc%10)cc(-c%10ccccc%10)c9)cc78)cc6Br)cc6c7ccccc7sc6c5c4c3)c2)c1. The Balaban J connectivity index is 0.847. The van der Waals surface area contributed by atoms with Gasteiger partial charge in [0, 0.05) is 93.0 Å². The van der Waals surface area contributed by atoms with Gasteiger partial charge in [0.1, 0.15) is 0 Å². The number of H-pyrrole nitrogens is 2. The minimum Gasteiger partial charge on any atom is -0.354 e. The molecule has 0 unspecified atom stereocenters. The van der Waals surface area contributed by atoms with Gasteiger partial charge in [-0.05, 0) is 182 Å². The van der Waals surface area contributed by atoms with Crippen molar-refractivity contribution in [1.82, 2.24) is 9.97 Å². The van der Waals surface area contributed by atoms with Gasteiger partial charge in [-0.3, -0.25) is 0 Å². The van der Waals surface area contributed by atoms with Crippen LogP contribution in [0.25, 0.3) is 173 Å². The Morgan fingerprint density at radius 2 is 0.635 bits per heavy atom. The number of thiophene rings is 2. The summed E-state index contributed by atoms with van der Waals surface area (Å²) in [6.07, 6.45) is 0. The molecule has 17 aromatic rings. The van der Waals surface area contributed by atoms with E-state index < -0.39 is 0 Å². The average molecular weight is 1250 g/mol. The van der Waals surface area contributed by atoms with E-state index in [1.807, 2.05) is 22.7 Å². The molecular weight excluding hydrogens is 1200 g/mol. The summed E-state index contributed by atoms with van der Waals surface area (Å²) in [6, 6.07) is 96.4. The minimum atomic E-state index is 1.01. The third-order valence-corrected chi connectivity index (χ3v) is 21.0. The molecule has 0 atom stereocenters. The number of halogens is 2. The molecule has 13 aromatic carbocycles. The Hall–Kier alpha value is -9.14. The Morgan fingerprint density at radius 3 is 1.05 bits per heavy atom. The highest BCUT2D eigenvalue weighted by Gasteiger charge is 2.24. The largest absolute Gasteiger partial charge is 0.354 e. The molecule has 0 amide bonds. The van der Waals surface area contributed by atoms with Crippen molar-refractivity contribution < 1.29 is 0 Å². The zero-order valence-electron chi connectivity index (χ0n) is 45.9. The van der Waals surface area contributed by atoms with Crippen LogP contribution < -0.4 is 0 Å². The highest BCUT2D eigenvalue weighted by molar-refractivity contribution is 9.11. The van der Waals surface area contributed by atoms with E-state index in [2.05, 4.69) is 310 Å². The van der Waals surface area contributed by atoms with Crippen LogP contribution in [0.2, 0.25) is 0 Å². The van der Waals surface area contributed by atoms with E-state index in [4.69, 9.17) is 0 Å². The van der Waals surface area contributed by atoms with Crippen LogP contribution in [0.1, 0.15) is 5.56 Å². The first-order valence-corrected chi connectivity index (χ1v) is 31.9. The van der Waals surface area contributed by atoms with E-state index in [-0.39, 0.29) is 0 Å². The van der Waals surface area contributed by atoms with Crippen LogP contribution in [0.15, 0.2) is 270 Å². The fourth-order valence-corrected chi connectivity index (χ4v) is 16.8. The van der Waals surface area contributed by atoms with Gasteiger partial charge in [-0.1, -0.05) is 201 Å². The van der Waals surface area contributed by atoms with Gasteiger partial charge < -0.3 is 9.97 Å². The molecule has 0 aliphatic carbocycles. The first kappa shape index (κ1) is 50.4. The predicted octanol–water partition coefficient (Wildman–Crippen LogP) is 24.9. The number of aromatic amines is 2. The van der Waals surface area contributed by atoms with Crippen LogP contribution >= 0.6 is 54.5 Å². The molecule has 0 radical (unpaired) electrons. The quantitative estimate of drug-likeness (QED) is 0.152. The maximum Gasteiger partial charge on any atom is 0.0559 e. The van der Waals surface area contributed by atoms with Crippen molar-refractivity contribution in [3.63, 3.8) is 0 Å². The molecule has 17 rings (SSSR count). The number of nitrogens with one attached hydrogen (secondary N) is 2. The summed E-state index contributed by atoms with van der Waals surface area (Å²) in [5.41, 5.74) is 24.5. The highest BCUT2D eigenvalue weighted by Crippen LogP contribution is 2.51. The van der Waals surface area contributed by atoms with Crippen LogP contribution in [0.3, 0.4) is 0 Å². The molecule has 0 bridgehead atoms. The molecule has 85 heavy (non-hydrogen) atoms. The number of aryl methyl sites for hydroxylation is 1. The van der Waals surface area contributed by atoms with E-state index in [0.717, 1.165) is 53.3 Å². The molecule has 0 spiro atoms. The molecule has 0 aliphatic rings. The molecule has 4 aromatic heterocycles. The zero-order chi connectivity index (χ0) is 56.4. The lowest BCUT2D eigenvalue weighted by molar-refractivity contribution is 1.46. The highest BCUT2D eigenvalue weighted by atomic mass is 79.9. The average Bonchev–Trinajstić information content (AvgIpc) is 1.79. The number of hydrogen-bond acceptors (Lipinski definition) is 2. The maximum atomic E-state index is 4.27. The Kier molecular flexibility index (Phi) is 11.9. The van der Waals surface area contributed by atoms with Crippen molar-refractivity contribution in [2.45, 2.75) is 6.92 Å². The van der Waals surface area contributed by atoms with Gasteiger partial charge in [-0.2, -0.15) is 0 Å². The molecule has 0 saturated heterocycles. The topological polar surface area (TPSA) is 31.6 Å². The molecule has 2 nitrogen and oxygen atoms in total. The Morgan fingerprint density at radius 1 is 0.271 bits per heavy atom. The van der Waals surface area contributed by atoms with Crippen molar-refractivity contribution in [1.29, 1.82) is 0 Å². The zero-order valence-corrected chi connectivity index (χ0v) is 50.7. The van der Waals surface area contributed by atoms with Gasteiger partial charge in [-0.25, -0.2) is 0 Å². The summed E-state index contributed by atoms with van der Waals surface area (Å²) in [5, 5.41) is 9.95. The predicted molar refractivity (Wildman–Crippen MR) is 375 cm³/mol. The molecule has 0 aliphatic heterocycles. The normalized spacial score (nSPS) is 11.9. The van der Waals surface area contributed by atoms with E-state index in [1.54, 1.807) is 0 Å². The van der Waals surface area contributed by atoms with Gasteiger partial charge in [-0.15, -0.1) is 22.7 Å². The number of fused-ring (bicyclic) bond motifs is 14.